The highest BCUT2D eigenvalue weighted by molar-refractivity contribution is 6.01. The van der Waals surface area contributed by atoms with E-state index in [0.717, 1.165) is 0 Å². The third-order valence-electron chi connectivity index (χ3n) is 4.40. The van der Waals surface area contributed by atoms with Crippen molar-refractivity contribution >= 4 is 17.7 Å². The summed E-state index contributed by atoms with van der Waals surface area (Å²) >= 11 is 0. The molecule has 0 N–H and O–H groups in total. The van der Waals surface area contributed by atoms with Crippen molar-refractivity contribution in [3.8, 4) is 0 Å². The van der Waals surface area contributed by atoms with Crippen molar-refractivity contribution in [1.29, 1.82) is 0 Å². The Morgan fingerprint density at radius 2 is 1.88 bits per heavy atom. The molecule has 1 aliphatic rings. The van der Waals surface area contributed by atoms with Crippen LogP contribution in [0.25, 0.3) is 0 Å². The molecule has 1 saturated heterocycles. The first-order chi connectivity index (χ1) is 11.2. The fraction of sp³-hybridized carbons (Fsp3) is 0.500. The van der Waals surface area contributed by atoms with Gasteiger partial charge in [-0.15, -0.1) is 0 Å². The number of rotatable bonds is 5. The lowest BCUT2D eigenvalue weighted by Gasteiger charge is -2.30. The quantitative estimate of drug-likeness (QED) is 0.470. The standard InChI is InChI=1S/C18H21FO5/c1-5-23-16(21)13-14(18(3,4)24-17(13)22)10(2)15(20)11-6-8-12(19)9-7-11/h6-10,13-14H,5H2,1-4H3/t10-,13+,14+/m1/s1. The lowest BCUT2D eigenvalue weighted by Crippen LogP contribution is -2.41. The van der Waals surface area contributed by atoms with Gasteiger partial charge in [0.15, 0.2) is 11.7 Å². The fourth-order valence-corrected chi connectivity index (χ4v) is 3.34. The zero-order chi connectivity index (χ0) is 18.1. The van der Waals surface area contributed by atoms with E-state index >= 15 is 0 Å². The largest absolute Gasteiger partial charge is 0.465 e. The molecule has 1 heterocycles. The molecule has 0 bridgehead atoms. The van der Waals surface area contributed by atoms with E-state index in [1.807, 2.05) is 0 Å². The van der Waals surface area contributed by atoms with E-state index in [-0.39, 0.29) is 12.4 Å². The van der Waals surface area contributed by atoms with Gasteiger partial charge in [0, 0.05) is 17.4 Å². The number of ether oxygens (including phenoxy) is 2. The predicted molar refractivity (Wildman–Crippen MR) is 83.7 cm³/mol. The van der Waals surface area contributed by atoms with Crippen LogP contribution in [-0.2, 0) is 19.1 Å². The first kappa shape index (κ1) is 18.1. The maximum Gasteiger partial charge on any atom is 0.321 e. The number of carbonyl (C=O) groups excluding carboxylic acids is 3. The summed E-state index contributed by atoms with van der Waals surface area (Å²) in [6, 6.07) is 5.17. The Labute approximate surface area is 140 Å². The normalized spacial score (nSPS) is 23.5. The highest BCUT2D eigenvalue weighted by Crippen LogP contribution is 2.43. The van der Waals surface area contributed by atoms with Gasteiger partial charge in [-0.3, -0.25) is 14.4 Å². The smallest absolute Gasteiger partial charge is 0.321 e. The van der Waals surface area contributed by atoms with Gasteiger partial charge < -0.3 is 9.47 Å². The van der Waals surface area contributed by atoms with Crippen LogP contribution in [0.3, 0.4) is 0 Å². The molecule has 2 rings (SSSR count). The van der Waals surface area contributed by atoms with Gasteiger partial charge in [0.25, 0.3) is 0 Å². The van der Waals surface area contributed by atoms with E-state index in [0.29, 0.717) is 5.56 Å². The number of Topliss-reactive ketones (excluding diaryl/α,β-unsaturated/α-hetero) is 1. The summed E-state index contributed by atoms with van der Waals surface area (Å²) in [4.78, 5) is 37.0. The monoisotopic (exact) mass is 336 g/mol. The summed E-state index contributed by atoms with van der Waals surface area (Å²) in [5, 5.41) is 0. The van der Waals surface area contributed by atoms with Crippen LogP contribution in [0.1, 0.15) is 38.1 Å². The number of hydrogen-bond acceptors (Lipinski definition) is 5. The van der Waals surface area contributed by atoms with E-state index in [1.54, 1.807) is 27.7 Å². The van der Waals surface area contributed by atoms with Gasteiger partial charge in [0.1, 0.15) is 11.4 Å². The Hall–Kier alpha value is -2.24. The van der Waals surface area contributed by atoms with Crippen LogP contribution >= 0.6 is 0 Å². The molecular formula is C18H21FO5. The van der Waals surface area contributed by atoms with E-state index in [9.17, 15) is 18.8 Å². The number of hydrogen-bond donors (Lipinski definition) is 0. The Morgan fingerprint density at radius 3 is 2.42 bits per heavy atom. The first-order valence-electron chi connectivity index (χ1n) is 7.88. The van der Waals surface area contributed by atoms with Crippen molar-refractivity contribution in [2.24, 2.45) is 17.8 Å². The third kappa shape index (κ3) is 3.32. The van der Waals surface area contributed by atoms with Crippen LogP contribution < -0.4 is 0 Å². The summed E-state index contributed by atoms with van der Waals surface area (Å²) in [7, 11) is 0. The number of carbonyl (C=O) groups is 3. The number of halogens is 1. The van der Waals surface area contributed by atoms with E-state index < -0.39 is 41.1 Å². The molecule has 0 radical (unpaired) electrons. The van der Waals surface area contributed by atoms with Crippen molar-refractivity contribution in [1.82, 2.24) is 0 Å². The van der Waals surface area contributed by atoms with Gasteiger partial charge in [-0.25, -0.2) is 4.39 Å². The number of cyclic esters (lactones) is 1. The lowest BCUT2D eigenvalue weighted by molar-refractivity contribution is -0.157. The average Bonchev–Trinajstić information content (AvgIpc) is 2.75. The second-order valence-corrected chi connectivity index (χ2v) is 6.44. The van der Waals surface area contributed by atoms with Crippen molar-refractivity contribution < 1.29 is 28.2 Å². The minimum atomic E-state index is -1.14. The van der Waals surface area contributed by atoms with Gasteiger partial charge >= 0.3 is 11.9 Å². The fourth-order valence-electron chi connectivity index (χ4n) is 3.34. The Morgan fingerprint density at radius 1 is 1.29 bits per heavy atom. The molecule has 0 aliphatic carbocycles. The Kier molecular flexibility index (Phi) is 5.06. The van der Waals surface area contributed by atoms with Crippen molar-refractivity contribution in [3.05, 3.63) is 35.6 Å². The van der Waals surface area contributed by atoms with E-state index in [2.05, 4.69) is 0 Å². The minimum Gasteiger partial charge on any atom is -0.465 e. The molecule has 1 aromatic carbocycles. The summed E-state index contributed by atoms with van der Waals surface area (Å²) < 4.78 is 23.3. The van der Waals surface area contributed by atoms with Gasteiger partial charge in [0.05, 0.1) is 6.61 Å². The van der Waals surface area contributed by atoms with Crippen LogP contribution in [0.2, 0.25) is 0 Å². The molecule has 5 nitrogen and oxygen atoms in total. The molecule has 1 aliphatic heterocycles. The van der Waals surface area contributed by atoms with Crippen LogP contribution in [0.4, 0.5) is 4.39 Å². The summed E-state index contributed by atoms with van der Waals surface area (Å²) in [6.07, 6.45) is 0. The molecule has 0 spiro atoms. The van der Waals surface area contributed by atoms with Crippen LogP contribution in [-0.4, -0.2) is 29.9 Å². The second-order valence-electron chi connectivity index (χ2n) is 6.44. The summed E-state index contributed by atoms with van der Waals surface area (Å²) in [5.41, 5.74) is -0.662. The highest BCUT2D eigenvalue weighted by atomic mass is 19.1. The number of benzene rings is 1. The van der Waals surface area contributed by atoms with Crippen LogP contribution in [0.15, 0.2) is 24.3 Å². The van der Waals surface area contributed by atoms with Crippen LogP contribution in [0, 0.1) is 23.6 Å². The second kappa shape index (κ2) is 6.71. The molecule has 0 amide bonds. The number of ketones is 1. The molecule has 130 valence electrons. The lowest BCUT2D eigenvalue weighted by atomic mass is 9.72. The molecule has 3 atom stereocenters. The van der Waals surface area contributed by atoms with Crippen LogP contribution in [0.5, 0.6) is 0 Å². The van der Waals surface area contributed by atoms with Gasteiger partial charge in [-0.1, -0.05) is 6.92 Å². The molecule has 24 heavy (non-hydrogen) atoms. The molecule has 0 aromatic heterocycles. The van der Waals surface area contributed by atoms with Gasteiger partial charge in [-0.05, 0) is 45.0 Å². The zero-order valence-corrected chi connectivity index (χ0v) is 14.2. The van der Waals surface area contributed by atoms with Crippen molar-refractivity contribution in [2.75, 3.05) is 6.61 Å². The molecule has 0 unspecified atom stereocenters. The average molecular weight is 336 g/mol. The predicted octanol–water partition coefficient (Wildman–Crippen LogP) is 2.78. The molecule has 1 fully saturated rings. The Balaban J connectivity index is 2.33. The highest BCUT2D eigenvalue weighted by Gasteiger charge is 2.57. The SMILES string of the molecule is CCOC(=O)[C@H]1C(=O)OC(C)(C)[C@H]1[C@@H](C)C(=O)c1ccc(F)cc1. The van der Waals surface area contributed by atoms with E-state index in [4.69, 9.17) is 9.47 Å². The maximum atomic E-state index is 13.0. The molecule has 6 heteroatoms. The first-order valence-corrected chi connectivity index (χ1v) is 7.88. The third-order valence-corrected chi connectivity index (χ3v) is 4.40. The van der Waals surface area contributed by atoms with Gasteiger partial charge in [0.2, 0.25) is 0 Å². The van der Waals surface area contributed by atoms with Gasteiger partial charge in [-0.2, -0.15) is 0 Å². The zero-order valence-electron chi connectivity index (χ0n) is 14.2. The topological polar surface area (TPSA) is 69.7 Å². The summed E-state index contributed by atoms with van der Waals surface area (Å²) in [6.45, 7) is 6.76. The molecule has 0 saturated carbocycles. The Bertz CT molecular complexity index is 650. The van der Waals surface area contributed by atoms with E-state index in [1.165, 1.54) is 24.3 Å². The van der Waals surface area contributed by atoms with Crippen molar-refractivity contribution in [3.63, 3.8) is 0 Å². The summed E-state index contributed by atoms with van der Waals surface area (Å²) in [5.74, 6) is -4.56. The maximum absolute atomic E-state index is 13.0. The van der Waals surface area contributed by atoms with Crippen molar-refractivity contribution in [2.45, 2.75) is 33.3 Å². The minimum absolute atomic E-state index is 0.135. The molecule has 1 aromatic rings. The number of esters is 2. The molecular weight excluding hydrogens is 315 g/mol.